The van der Waals surface area contributed by atoms with Gasteiger partial charge in [0.15, 0.2) is 11.5 Å². The molecule has 29 heavy (non-hydrogen) atoms. The molecule has 7 heteroatoms. The molecular formula is C22H22FNO4S. The Morgan fingerprint density at radius 2 is 1.59 bits per heavy atom. The molecule has 0 fully saturated rings. The van der Waals surface area contributed by atoms with Crippen LogP contribution in [0.25, 0.3) is 0 Å². The summed E-state index contributed by atoms with van der Waals surface area (Å²) in [7, 11) is -0.958. The fraction of sp³-hybridized carbons (Fsp3) is 0.182. The highest BCUT2D eigenvalue weighted by molar-refractivity contribution is 7.92. The summed E-state index contributed by atoms with van der Waals surface area (Å²) in [5, 5.41) is 0. The van der Waals surface area contributed by atoms with Crippen molar-refractivity contribution in [3.63, 3.8) is 0 Å². The zero-order chi connectivity index (χ0) is 21.0. The van der Waals surface area contributed by atoms with E-state index < -0.39 is 15.8 Å². The summed E-state index contributed by atoms with van der Waals surface area (Å²) in [6, 6.07) is 17.3. The smallest absolute Gasteiger partial charge is 0.264 e. The van der Waals surface area contributed by atoms with Crippen LogP contribution < -0.4 is 13.8 Å². The maximum atomic E-state index is 13.4. The lowest BCUT2D eigenvalue weighted by Crippen LogP contribution is -2.30. The molecule has 0 aliphatic heterocycles. The van der Waals surface area contributed by atoms with Gasteiger partial charge in [-0.2, -0.15) is 0 Å². The Morgan fingerprint density at radius 1 is 0.897 bits per heavy atom. The summed E-state index contributed by atoms with van der Waals surface area (Å²) in [5.74, 6) is 0.403. The van der Waals surface area contributed by atoms with Gasteiger partial charge < -0.3 is 9.47 Å². The molecule has 0 bridgehead atoms. The molecule has 5 nitrogen and oxygen atoms in total. The van der Waals surface area contributed by atoms with Crippen molar-refractivity contribution >= 4 is 15.7 Å². The monoisotopic (exact) mass is 415 g/mol. The second-order valence-electron chi connectivity index (χ2n) is 6.49. The number of sulfonamides is 1. The second-order valence-corrected chi connectivity index (χ2v) is 8.36. The van der Waals surface area contributed by atoms with Crippen LogP contribution in [-0.2, 0) is 16.6 Å². The molecule has 0 heterocycles. The lowest BCUT2D eigenvalue weighted by atomic mass is 10.1. The summed E-state index contributed by atoms with van der Waals surface area (Å²) in [6.07, 6.45) is 0. The Bertz CT molecular complexity index is 1100. The largest absolute Gasteiger partial charge is 0.493 e. The molecule has 3 rings (SSSR count). The Kier molecular flexibility index (Phi) is 6.08. The van der Waals surface area contributed by atoms with Crippen LogP contribution in [0.5, 0.6) is 11.5 Å². The average Bonchev–Trinajstić information content (AvgIpc) is 2.71. The van der Waals surface area contributed by atoms with Gasteiger partial charge >= 0.3 is 0 Å². The van der Waals surface area contributed by atoms with Gasteiger partial charge in [0.1, 0.15) is 5.82 Å². The van der Waals surface area contributed by atoms with E-state index in [1.165, 1.54) is 30.7 Å². The van der Waals surface area contributed by atoms with E-state index in [0.29, 0.717) is 17.2 Å². The topological polar surface area (TPSA) is 55.8 Å². The van der Waals surface area contributed by atoms with E-state index in [1.807, 2.05) is 31.2 Å². The van der Waals surface area contributed by atoms with Crippen LogP contribution in [0.1, 0.15) is 11.1 Å². The summed E-state index contributed by atoms with van der Waals surface area (Å²) >= 11 is 0. The van der Waals surface area contributed by atoms with Gasteiger partial charge in [-0.15, -0.1) is 0 Å². The van der Waals surface area contributed by atoms with Gasteiger partial charge in [0.2, 0.25) is 0 Å². The lowest BCUT2D eigenvalue weighted by molar-refractivity contribution is 0.355. The van der Waals surface area contributed by atoms with Crippen LogP contribution in [0.2, 0.25) is 0 Å². The standard InChI is InChI=1S/C22H22FNO4S/c1-16-5-4-6-17(13-16)15-24(19-9-12-21(27-2)22(14-19)28-3)29(25,26)20-10-7-18(23)8-11-20/h4-14H,15H2,1-3H3. The first-order valence-electron chi connectivity index (χ1n) is 8.91. The number of aryl methyl sites for hydroxylation is 1. The summed E-state index contributed by atoms with van der Waals surface area (Å²) in [5.41, 5.74) is 2.26. The highest BCUT2D eigenvalue weighted by Gasteiger charge is 2.26. The molecule has 3 aromatic carbocycles. The van der Waals surface area contributed by atoms with E-state index in [-0.39, 0.29) is 11.4 Å². The predicted molar refractivity (Wildman–Crippen MR) is 110 cm³/mol. The van der Waals surface area contributed by atoms with Crippen LogP contribution in [-0.4, -0.2) is 22.6 Å². The van der Waals surface area contributed by atoms with Crippen molar-refractivity contribution in [1.82, 2.24) is 0 Å². The number of methoxy groups -OCH3 is 2. The van der Waals surface area contributed by atoms with Crippen LogP contribution >= 0.6 is 0 Å². The van der Waals surface area contributed by atoms with Crippen molar-refractivity contribution in [2.45, 2.75) is 18.4 Å². The summed E-state index contributed by atoms with van der Waals surface area (Å²) < 4.78 is 52.0. The molecule has 0 unspecified atom stereocenters. The molecule has 0 spiro atoms. The number of hydrogen-bond donors (Lipinski definition) is 0. The predicted octanol–water partition coefficient (Wildman–Crippen LogP) is 4.55. The molecule has 0 atom stereocenters. The minimum atomic E-state index is -3.96. The number of benzene rings is 3. The van der Waals surface area contributed by atoms with Gasteiger partial charge in [0.05, 0.1) is 31.3 Å². The van der Waals surface area contributed by atoms with Crippen molar-refractivity contribution in [3.05, 3.63) is 83.7 Å². The molecule has 0 saturated carbocycles. The molecule has 0 aliphatic rings. The zero-order valence-corrected chi connectivity index (χ0v) is 17.2. The van der Waals surface area contributed by atoms with Crippen molar-refractivity contribution in [2.24, 2.45) is 0 Å². The number of ether oxygens (including phenoxy) is 2. The molecular weight excluding hydrogens is 393 g/mol. The van der Waals surface area contributed by atoms with Crippen molar-refractivity contribution in [1.29, 1.82) is 0 Å². The number of nitrogens with zero attached hydrogens (tertiary/aromatic N) is 1. The van der Waals surface area contributed by atoms with Gasteiger partial charge in [-0.3, -0.25) is 4.31 Å². The highest BCUT2D eigenvalue weighted by atomic mass is 32.2. The van der Waals surface area contributed by atoms with Crippen LogP contribution in [0, 0.1) is 12.7 Å². The van der Waals surface area contributed by atoms with E-state index in [0.717, 1.165) is 23.3 Å². The van der Waals surface area contributed by atoms with Crippen LogP contribution in [0.15, 0.2) is 71.6 Å². The van der Waals surface area contributed by atoms with E-state index in [1.54, 1.807) is 18.2 Å². The van der Waals surface area contributed by atoms with Crippen LogP contribution in [0.4, 0.5) is 10.1 Å². The Balaban J connectivity index is 2.12. The molecule has 0 N–H and O–H groups in total. The first kappa shape index (κ1) is 20.7. The maximum absolute atomic E-state index is 13.4. The van der Waals surface area contributed by atoms with Crippen molar-refractivity contribution < 1.29 is 22.3 Å². The van der Waals surface area contributed by atoms with E-state index >= 15 is 0 Å². The maximum Gasteiger partial charge on any atom is 0.264 e. The zero-order valence-electron chi connectivity index (χ0n) is 16.4. The average molecular weight is 415 g/mol. The van der Waals surface area contributed by atoms with Gasteiger partial charge in [0.25, 0.3) is 10.0 Å². The first-order valence-corrected chi connectivity index (χ1v) is 10.3. The van der Waals surface area contributed by atoms with Crippen molar-refractivity contribution in [3.8, 4) is 11.5 Å². The number of rotatable bonds is 7. The highest BCUT2D eigenvalue weighted by Crippen LogP contribution is 2.34. The Hall–Kier alpha value is -3.06. The quantitative estimate of drug-likeness (QED) is 0.568. The fourth-order valence-corrected chi connectivity index (χ4v) is 4.45. The molecule has 3 aromatic rings. The minimum Gasteiger partial charge on any atom is -0.493 e. The van der Waals surface area contributed by atoms with Gasteiger partial charge in [-0.1, -0.05) is 29.8 Å². The van der Waals surface area contributed by atoms with E-state index in [4.69, 9.17) is 9.47 Å². The lowest BCUT2D eigenvalue weighted by Gasteiger charge is -2.25. The molecule has 0 radical (unpaired) electrons. The number of hydrogen-bond acceptors (Lipinski definition) is 4. The van der Waals surface area contributed by atoms with E-state index in [9.17, 15) is 12.8 Å². The normalized spacial score (nSPS) is 11.2. The molecule has 0 aromatic heterocycles. The van der Waals surface area contributed by atoms with E-state index in [2.05, 4.69) is 0 Å². The van der Waals surface area contributed by atoms with Gasteiger partial charge in [-0.05, 0) is 48.9 Å². The van der Waals surface area contributed by atoms with Crippen LogP contribution in [0.3, 0.4) is 0 Å². The fourth-order valence-electron chi connectivity index (χ4n) is 3.01. The molecule has 152 valence electrons. The third-order valence-corrected chi connectivity index (χ3v) is 6.25. The first-order chi connectivity index (χ1) is 13.8. The van der Waals surface area contributed by atoms with Crippen molar-refractivity contribution in [2.75, 3.05) is 18.5 Å². The SMILES string of the molecule is COc1ccc(N(Cc2cccc(C)c2)S(=O)(=O)c2ccc(F)cc2)cc1OC. The minimum absolute atomic E-state index is 0.00124. The number of halogens is 1. The second kappa shape index (κ2) is 8.53. The summed E-state index contributed by atoms with van der Waals surface area (Å²) in [4.78, 5) is 0.00124. The third kappa shape index (κ3) is 4.51. The van der Waals surface area contributed by atoms with Gasteiger partial charge in [0, 0.05) is 6.07 Å². The molecule has 0 amide bonds. The Labute approximate surface area is 170 Å². The summed E-state index contributed by atoms with van der Waals surface area (Å²) in [6.45, 7) is 2.05. The third-order valence-electron chi connectivity index (χ3n) is 4.47. The van der Waals surface area contributed by atoms with Gasteiger partial charge in [-0.25, -0.2) is 12.8 Å². The number of anilines is 1. The Morgan fingerprint density at radius 3 is 2.21 bits per heavy atom. The molecule has 0 saturated heterocycles. The molecule has 0 aliphatic carbocycles.